The summed E-state index contributed by atoms with van der Waals surface area (Å²) in [6.45, 7) is 9.85. The average Bonchev–Trinajstić information content (AvgIpc) is 2.74. The maximum Gasteiger partial charge on any atom is 0.261 e. The summed E-state index contributed by atoms with van der Waals surface area (Å²) >= 11 is 6.97. The van der Waals surface area contributed by atoms with Crippen LogP contribution in [0.1, 0.15) is 43.9 Å². The number of carbonyl (C=O) groups excluding carboxylic acids is 2. The first kappa shape index (κ1) is 25.4. The van der Waals surface area contributed by atoms with Crippen LogP contribution in [0, 0.1) is 13.8 Å². The van der Waals surface area contributed by atoms with Crippen LogP contribution in [0.15, 0.2) is 45.3 Å². The van der Waals surface area contributed by atoms with Gasteiger partial charge in [0, 0.05) is 21.5 Å². The quantitative estimate of drug-likeness (QED) is 0.443. The zero-order valence-electron chi connectivity index (χ0n) is 18.7. The predicted molar refractivity (Wildman–Crippen MR) is 131 cm³/mol. The number of hydrogen-bond acceptors (Lipinski definition) is 3. The first-order chi connectivity index (χ1) is 14.6. The number of carbonyl (C=O) groups is 2. The van der Waals surface area contributed by atoms with Crippen molar-refractivity contribution < 1.29 is 14.3 Å². The van der Waals surface area contributed by atoms with Crippen molar-refractivity contribution in [3.8, 4) is 5.75 Å². The molecule has 2 atom stereocenters. The van der Waals surface area contributed by atoms with Crippen molar-refractivity contribution in [3.63, 3.8) is 0 Å². The van der Waals surface area contributed by atoms with Crippen LogP contribution in [-0.4, -0.2) is 35.4 Å². The Morgan fingerprint density at radius 3 is 2.19 bits per heavy atom. The molecule has 0 aliphatic carbocycles. The minimum atomic E-state index is -0.623. The number of aryl methyl sites for hydroxylation is 2. The maximum atomic E-state index is 13.1. The SMILES string of the molecule is CC[C@H](C)NC(=O)[C@@H](C)N(Cc1ccc(Br)cc1)C(=O)COc1cc(C)c(Br)c(C)c1. The molecule has 31 heavy (non-hydrogen) atoms. The first-order valence-electron chi connectivity index (χ1n) is 10.4. The number of amides is 2. The highest BCUT2D eigenvalue weighted by atomic mass is 79.9. The van der Waals surface area contributed by atoms with Crippen LogP contribution in [0.3, 0.4) is 0 Å². The van der Waals surface area contributed by atoms with E-state index in [2.05, 4.69) is 37.2 Å². The van der Waals surface area contributed by atoms with Crippen molar-refractivity contribution in [2.75, 3.05) is 6.61 Å². The lowest BCUT2D eigenvalue weighted by molar-refractivity contribution is -0.142. The summed E-state index contributed by atoms with van der Waals surface area (Å²) < 4.78 is 7.79. The molecule has 0 spiro atoms. The van der Waals surface area contributed by atoms with Gasteiger partial charge in [-0.25, -0.2) is 0 Å². The van der Waals surface area contributed by atoms with E-state index >= 15 is 0 Å². The van der Waals surface area contributed by atoms with Crippen LogP contribution in [0.4, 0.5) is 0 Å². The molecule has 0 saturated carbocycles. The molecule has 0 heterocycles. The summed E-state index contributed by atoms with van der Waals surface area (Å²) in [6, 6.07) is 10.9. The molecule has 0 saturated heterocycles. The van der Waals surface area contributed by atoms with E-state index in [1.807, 2.05) is 64.1 Å². The second-order valence-corrected chi connectivity index (χ2v) is 9.51. The van der Waals surface area contributed by atoms with Crippen LogP contribution in [-0.2, 0) is 16.1 Å². The molecule has 2 amide bonds. The van der Waals surface area contributed by atoms with Gasteiger partial charge in [-0.2, -0.15) is 0 Å². The molecule has 0 aromatic heterocycles. The van der Waals surface area contributed by atoms with E-state index in [9.17, 15) is 9.59 Å². The van der Waals surface area contributed by atoms with Crippen molar-refractivity contribution in [1.29, 1.82) is 0 Å². The van der Waals surface area contributed by atoms with Gasteiger partial charge < -0.3 is 15.0 Å². The number of nitrogens with zero attached hydrogens (tertiary/aromatic N) is 1. The van der Waals surface area contributed by atoms with Gasteiger partial charge in [0.05, 0.1) is 0 Å². The van der Waals surface area contributed by atoms with Gasteiger partial charge in [0.25, 0.3) is 5.91 Å². The van der Waals surface area contributed by atoms with Crippen LogP contribution in [0.25, 0.3) is 0 Å². The normalized spacial score (nSPS) is 12.7. The molecular weight excluding hydrogens is 524 g/mol. The fourth-order valence-electron chi connectivity index (χ4n) is 3.05. The van der Waals surface area contributed by atoms with Gasteiger partial charge in [-0.1, -0.05) is 50.9 Å². The number of hydrogen-bond donors (Lipinski definition) is 1. The van der Waals surface area contributed by atoms with E-state index in [4.69, 9.17) is 4.74 Å². The largest absolute Gasteiger partial charge is 0.484 e. The van der Waals surface area contributed by atoms with Crippen molar-refractivity contribution >= 4 is 43.7 Å². The summed E-state index contributed by atoms with van der Waals surface area (Å²) in [5.74, 6) is 0.218. The number of benzene rings is 2. The molecule has 1 N–H and O–H groups in total. The van der Waals surface area contributed by atoms with Gasteiger partial charge in [0.15, 0.2) is 6.61 Å². The smallest absolute Gasteiger partial charge is 0.261 e. The Hall–Kier alpha value is -1.86. The molecule has 168 valence electrons. The third-order valence-electron chi connectivity index (χ3n) is 5.21. The van der Waals surface area contributed by atoms with Gasteiger partial charge >= 0.3 is 0 Å². The topological polar surface area (TPSA) is 58.6 Å². The molecule has 2 aromatic carbocycles. The third kappa shape index (κ3) is 7.35. The molecular formula is C24H30Br2N2O3. The van der Waals surface area contributed by atoms with Gasteiger partial charge in [-0.05, 0) is 75.1 Å². The Bertz CT molecular complexity index is 893. The number of ether oxygens (including phenoxy) is 1. The Morgan fingerprint density at radius 1 is 1.06 bits per heavy atom. The van der Waals surface area contributed by atoms with Gasteiger partial charge in [0.2, 0.25) is 5.91 Å². The van der Waals surface area contributed by atoms with E-state index in [1.165, 1.54) is 0 Å². The highest BCUT2D eigenvalue weighted by Crippen LogP contribution is 2.26. The average molecular weight is 554 g/mol. The van der Waals surface area contributed by atoms with Crippen molar-refractivity contribution in [2.24, 2.45) is 0 Å². The van der Waals surface area contributed by atoms with E-state index in [1.54, 1.807) is 11.8 Å². The van der Waals surface area contributed by atoms with Crippen molar-refractivity contribution in [2.45, 2.75) is 59.7 Å². The molecule has 7 heteroatoms. The van der Waals surface area contributed by atoms with E-state index in [0.717, 1.165) is 32.1 Å². The monoisotopic (exact) mass is 552 g/mol. The molecule has 0 aliphatic rings. The van der Waals surface area contributed by atoms with Crippen LogP contribution in [0.5, 0.6) is 5.75 Å². The first-order valence-corrected chi connectivity index (χ1v) is 11.9. The van der Waals surface area contributed by atoms with E-state index in [-0.39, 0.29) is 24.5 Å². The van der Waals surface area contributed by atoms with Gasteiger partial charge in [-0.15, -0.1) is 0 Å². The minimum Gasteiger partial charge on any atom is -0.484 e. The Kier molecular flexibility index (Phi) is 9.56. The Morgan fingerprint density at radius 2 is 1.65 bits per heavy atom. The van der Waals surface area contributed by atoms with E-state index < -0.39 is 6.04 Å². The zero-order chi connectivity index (χ0) is 23.1. The molecule has 0 radical (unpaired) electrons. The zero-order valence-corrected chi connectivity index (χ0v) is 21.8. The summed E-state index contributed by atoms with van der Waals surface area (Å²) in [5.41, 5.74) is 3.01. The summed E-state index contributed by atoms with van der Waals surface area (Å²) in [7, 11) is 0. The van der Waals surface area contributed by atoms with E-state index in [0.29, 0.717) is 12.3 Å². The molecule has 5 nitrogen and oxygen atoms in total. The highest BCUT2D eigenvalue weighted by molar-refractivity contribution is 9.10. The summed E-state index contributed by atoms with van der Waals surface area (Å²) in [5, 5.41) is 2.97. The van der Waals surface area contributed by atoms with Crippen LogP contribution < -0.4 is 10.1 Å². The standard InChI is InChI=1S/C24H30Br2N2O3/c1-6-17(4)27-24(30)18(5)28(13-19-7-9-20(25)10-8-19)22(29)14-31-21-11-15(2)23(26)16(3)12-21/h7-12,17-18H,6,13-14H2,1-5H3,(H,27,30)/t17-,18+/m0/s1. The van der Waals surface area contributed by atoms with Crippen LogP contribution in [0.2, 0.25) is 0 Å². The second kappa shape index (κ2) is 11.7. The van der Waals surface area contributed by atoms with Crippen LogP contribution >= 0.6 is 31.9 Å². The fraction of sp³-hybridized carbons (Fsp3) is 0.417. The molecule has 0 bridgehead atoms. The highest BCUT2D eigenvalue weighted by Gasteiger charge is 2.27. The lowest BCUT2D eigenvalue weighted by Crippen LogP contribution is -2.50. The number of nitrogens with one attached hydrogen (secondary N) is 1. The molecule has 0 aliphatic heterocycles. The Balaban J connectivity index is 2.18. The van der Waals surface area contributed by atoms with Crippen molar-refractivity contribution in [1.82, 2.24) is 10.2 Å². The van der Waals surface area contributed by atoms with Gasteiger partial charge in [0.1, 0.15) is 11.8 Å². The number of rotatable bonds is 9. The van der Waals surface area contributed by atoms with Gasteiger partial charge in [-0.3, -0.25) is 9.59 Å². The molecule has 0 fully saturated rings. The molecule has 0 unspecified atom stereocenters. The lowest BCUT2D eigenvalue weighted by atomic mass is 10.1. The summed E-state index contributed by atoms with van der Waals surface area (Å²) in [6.07, 6.45) is 0.824. The maximum absolute atomic E-state index is 13.1. The number of halogens is 2. The molecule has 2 rings (SSSR count). The minimum absolute atomic E-state index is 0.0459. The lowest BCUT2D eigenvalue weighted by Gasteiger charge is -2.29. The Labute approximate surface area is 201 Å². The molecule has 2 aromatic rings. The third-order valence-corrected chi connectivity index (χ3v) is 6.99. The fourth-order valence-corrected chi connectivity index (χ4v) is 3.55. The summed E-state index contributed by atoms with van der Waals surface area (Å²) in [4.78, 5) is 27.4. The van der Waals surface area contributed by atoms with Crippen molar-refractivity contribution in [3.05, 3.63) is 62.0 Å². The second-order valence-electron chi connectivity index (χ2n) is 7.80. The predicted octanol–water partition coefficient (Wildman–Crippen LogP) is 5.54.